The lowest BCUT2D eigenvalue weighted by Crippen LogP contribution is -2.48. The summed E-state index contributed by atoms with van der Waals surface area (Å²) in [5.74, 6) is -0.860. The van der Waals surface area contributed by atoms with Crippen LogP contribution < -0.4 is 5.32 Å². The first-order valence-corrected chi connectivity index (χ1v) is 7.23. The summed E-state index contributed by atoms with van der Waals surface area (Å²) in [7, 11) is 1.71. The third-order valence-corrected chi connectivity index (χ3v) is 3.90. The van der Waals surface area contributed by atoms with Crippen LogP contribution in [-0.4, -0.2) is 39.6 Å². The predicted octanol–water partition coefficient (Wildman–Crippen LogP) is 2.24. The molecular formula is C13H21N3O3S. The molecule has 0 saturated carbocycles. The summed E-state index contributed by atoms with van der Waals surface area (Å²) in [4.78, 5) is 29.4. The van der Waals surface area contributed by atoms with Gasteiger partial charge in [0.25, 0.3) is 0 Å². The van der Waals surface area contributed by atoms with Crippen molar-refractivity contribution in [2.45, 2.75) is 45.7 Å². The Balaban J connectivity index is 2.52. The highest BCUT2D eigenvalue weighted by atomic mass is 32.1. The third kappa shape index (κ3) is 5.16. The second-order valence-corrected chi connectivity index (χ2v) is 6.36. The summed E-state index contributed by atoms with van der Waals surface area (Å²) in [5.41, 5.74) is 2.14. The van der Waals surface area contributed by atoms with Crippen LogP contribution in [0.15, 0.2) is 5.51 Å². The van der Waals surface area contributed by atoms with Crippen molar-refractivity contribution in [3.05, 3.63) is 16.1 Å². The highest BCUT2D eigenvalue weighted by molar-refractivity contribution is 7.09. The molecule has 0 aromatic carbocycles. The fourth-order valence-electron chi connectivity index (χ4n) is 1.63. The van der Waals surface area contributed by atoms with E-state index >= 15 is 0 Å². The quantitative estimate of drug-likeness (QED) is 0.844. The molecule has 2 N–H and O–H groups in total. The molecule has 0 aliphatic heterocycles. The van der Waals surface area contributed by atoms with E-state index in [1.54, 1.807) is 17.5 Å². The summed E-state index contributed by atoms with van der Waals surface area (Å²) in [6.07, 6.45) is 0.423. The molecule has 7 heteroatoms. The molecular weight excluding hydrogens is 278 g/mol. The number of carbonyl (C=O) groups is 2. The molecule has 0 aliphatic rings. The standard InChI is InChI=1S/C13H21N3O3S/c1-9-10(20-8-14-9)7-16(4)12(19)15-13(2,3)6-5-11(17)18/h8H,5-7H2,1-4H3,(H,15,19)(H,17,18). The Morgan fingerprint density at radius 2 is 2.15 bits per heavy atom. The molecule has 0 bridgehead atoms. The zero-order valence-electron chi connectivity index (χ0n) is 12.3. The van der Waals surface area contributed by atoms with E-state index in [4.69, 9.17) is 5.11 Å². The van der Waals surface area contributed by atoms with Gasteiger partial charge in [-0.15, -0.1) is 11.3 Å². The van der Waals surface area contributed by atoms with E-state index in [1.807, 2.05) is 20.8 Å². The van der Waals surface area contributed by atoms with Crippen molar-refractivity contribution in [1.82, 2.24) is 15.2 Å². The number of aryl methyl sites for hydroxylation is 1. The summed E-state index contributed by atoms with van der Waals surface area (Å²) < 4.78 is 0. The summed E-state index contributed by atoms with van der Waals surface area (Å²) in [6, 6.07) is -0.215. The van der Waals surface area contributed by atoms with Gasteiger partial charge in [0.2, 0.25) is 0 Å². The molecule has 1 heterocycles. The molecule has 0 unspecified atom stereocenters. The average molecular weight is 299 g/mol. The van der Waals surface area contributed by atoms with Gasteiger partial charge in [-0.3, -0.25) is 4.79 Å². The maximum absolute atomic E-state index is 12.1. The van der Waals surface area contributed by atoms with Gasteiger partial charge in [0.05, 0.1) is 17.7 Å². The fraction of sp³-hybridized carbons (Fsp3) is 0.615. The number of hydrogen-bond acceptors (Lipinski definition) is 4. The van der Waals surface area contributed by atoms with Crippen molar-refractivity contribution in [2.75, 3.05) is 7.05 Å². The van der Waals surface area contributed by atoms with E-state index in [1.165, 1.54) is 11.3 Å². The van der Waals surface area contributed by atoms with Gasteiger partial charge in [-0.25, -0.2) is 9.78 Å². The molecule has 0 saturated heterocycles. The maximum Gasteiger partial charge on any atom is 0.317 e. The van der Waals surface area contributed by atoms with Crippen molar-refractivity contribution < 1.29 is 14.7 Å². The molecule has 2 amide bonds. The molecule has 0 aliphatic carbocycles. The van der Waals surface area contributed by atoms with E-state index in [-0.39, 0.29) is 12.5 Å². The lowest BCUT2D eigenvalue weighted by Gasteiger charge is -2.28. The number of thiazole rings is 1. The average Bonchev–Trinajstić information content (AvgIpc) is 2.72. The minimum atomic E-state index is -0.860. The number of aliphatic carboxylic acids is 1. The Hall–Kier alpha value is -1.63. The predicted molar refractivity (Wildman–Crippen MR) is 77.8 cm³/mol. The van der Waals surface area contributed by atoms with E-state index < -0.39 is 11.5 Å². The molecule has 0 spiro atoms. The van der Waals surface area contributed by atoms with Crippen LogP contribution in [0.3, 0.4) is 0 Å². The smallest absolute Gasteiger partial charge is 0.317 e. The number of nitrogens with zero attached hydrogens (tertiary/aromatic N) is 2. The van der Waals surface area contributed by atoms with Crippen molar-refractivity contribution >= 4 is 23.3 Å². The Bertz CT molecular complexity index is 485. The van der Waals surface area contributed by atoms with Gasteiger partial charge < -0.3 is 15.3 Å². The number of urea groups is 1. The first-order valence-electron chi connectivity index (χ1n) is 6.35. The van der Waals surface area contributed by atoms with Gasteiger partial charge in [0.15, 0.2) is 0 Å². The van der Waals surface area contributed by atoms with Gasteiger partial charge in [-0.1, -0.05) is 0 Å². The zero-order chi connectivity index (χ0) is 15.3. The van der Waals surface area contributed by atoms with Gasteiger partial charge >= 0.3 is 12.0 Å². The van der Waals surface area contributed by atoms with Crippen molar-refractivity contribution in [1.29, 1.82) is 0 Å². The van der Waals surface area contributed by atoms with Gasteiger partial charge in [-0.2, -0.15) is 0 Å². The second kappa shape index (κ2) is 6.69. The van der Waals surface area contributed by atoms with Crippen LogP contribution in [-0.2, 0) is 11.3 Å². The maximum atomic E-state index is 12.1. The fourth-order valence-corrected chi connectivity index (χ4v) is 2.46. The topological polar surface area (TPSA) is 82.5 Å². The molecule has 6 nitrogen and oxygen atoms in total. The van der Waals surface area contributed by atoms with Crippen LogP contribution in [0.1, 0.15) is 37.3 Å². The number of amides is 2. The highest BCUT2D eigenvalue weighted by Gasteiger charge is 2.23. The Morgan fingerprint density at radius 1 is 1.50 bits per heavy atom. The van der Waals surface area contributed by atoms with E-state index in [9.17, 15) is 9.59 Å². The van der Waals surface area contributed by atoms with Crippen molar-refractivity contribution in [2.24, 2.45) is 0 Å². The second-order valence-electron chi connectivity index (χ2n) is 5.42. The number of nitrogens with one attached hydrogen (secondary N) is 1. The van der Waals surface area contributed by atoms with E-state index in [2.05, 4.69) is 10.3 Å². The lowest BCUT2D eigenvalue weighted by molar-refractivity contribution is -0.137. The van der Waals surface area contributed by atoms with Crippen LogP contribution >= 0.6 is 11.3 Å². The minimum absolute atomic E-state index is 0.0327. The van der Waals surface area contributed by atoms with E-state index in [0.29, 0.717) is 13.0 Å². The number of rotatable bonds is 6. The summed E-state index contributed by atoms with van der Waals surface area (Å²) in [6.45, 7) is 6.05. The van der Waals surface area contributed by atoms with Gasteiger partial charge in [0, 0.05) is 23.9 Å². The zero-order valence-corrected chi connectivity index (χ0v) is 13.1. The molecule has 1 rings (SSSR count). The van der Waals surface area contributed by atoms with Gasteiger partial charge in [-0.05, 0) is 27.2 Å². The van der Waals surface area contributed by atoms with Crippen LogP contribution in [0.25, 0.3) is 0 Å². The first kappa shape index (κ1) is 16.4. The molecule has 0 radical (unpaired) electrons. The first-order chi connectivity index (χ1) is 9.21. The normalized spacial score (nSPS) is 11.2. The molecule has 1 aromatic rings. The molecule has 20 heavy (non-hydrogen) atoms. The molecule has 1 aromatic heterocycles. The summed E-state index contributed by atoms with van der Waals surface area (Å²) in [5, 5.41) is 11.5. The largest absolute Gasteiger partial charge is 0.481 e. The number of carbonyl (C=O) groups excluding carboxylic acids is 1. The Kier molecular flexibility index (Phi) is 5.50. The van der Waals surface area contributed by atoms with Crippen LogP contribution in [0.5, 0.6) is 0 Å². The number of hydrogen-bond donors (Lipinski definition) is 2. The van der Waals surface area contributed by atoms with Crippen molar-refractivity contribution in [3.8, 4) is 0 Å². The molecule has 0 fully saturated rings. The van der Waals surface area contributed by atoms with Crippen LogP contribution in [0.2, 0.25) is 0 Å². The third-order valence-electron chi connectivity index (χ3n) is 2.98. The lowest BCUT2D eigenvalue weighted by atomic mass is 9.99. The SMILES string of the molecule is Cc1ncsc1CN(C)C(=O)NC(C)(C)CCC(=O)O. The minimum Gasteiger partial charge on any atom is -0.481 e. The van der Waals surface area contributed by atoms with Gasteiger partial charge in [0.1, 0.15) is 0 Å². The Morgan fingerprint density at radius 3 is 2.65 bits per heavy atom. The number of carboxylic acids is 1. The summed E-state index contributed by atoms with van der Waals surface area (Å²) >= 11 is 1.52. The van der Waals surface area contributed by atoms with E-state index in [0.717, 1.165) is 10.6 Å². The van der Waals surface area contributed by atoms with Crippen molar-refractivity contribution in [3.63, 3.8) is 0 Å². The Labute approximate surface area is 122 Å². The van der Waals surface area contributed by atoms with Crippen LogP contribution in [0, 0.1) is 6.92 Å². The van der Waals surface area contributed by atoms with Crippen LogP contribution in [0.4, 0.5) is 4.79 Å². The highest BCUT2D eigenvalue weighted by Crippen LogP contribution is 2.16. The molecule has 0 atom stereocenters. The monoisotopic (exact) mass is 299 g/mol. The molecule has 112 valence electrons. The number of aromatic nitrogens is 1. The number of carboxylic acid groups (broad SMARTS) is 1.